The molecule has 2 heterocycles. The third-order valence-corrected chi connectivity index (χ3v) is 6.76. The summed E-state index contributed by atoms with van der Waals surface area (Å²) in [5, 5.41) is 5.26. The second kappa shape index (κ2) is 10.5. The highest BCUT2D eigenvalue weighted by molar-refractivity contribution is 7.20. The fourth-order valence-electron chi connectivity index (χ4n) is 3.71. The van der Waals surface area contributed by atoms with E-state index < -0.39 is 35.7 Å². The van der Waals surface area contributed by atoms with Gasteiger partial charge in [0.25, 0.3) is 11.5 Å². The Labute approximate surface area is 217 Å². The van der Waals surface area contributed by atoms with Gasteiger partial charge in [0.1, 0.15) is 22.9 Å². The van der Waals surface area contributed by atoms with Gasteiger partial charge in [0, 0.05) is 11.8 Å². The molecule has 4 aromatic rings. The Bertz CT molecular complexity index is 1600. The van der Waals surface area contributed by atoms with Crippen LogP contribution in [-0.4, -0.2) is 35.6 Å². The number of fused-ring (bicyclic) bond motifs is 1. The Balaban J connectivity index is 1.57. The Morgan fingerprint density at radius 2 is 1.84 bits per heavy atom. The number of amides is 2. The maximum absolute atomic E-state index is 13.1. The summed E-state index contributed by atoms with van der Waals surface area (Å²) < 4.78 is 50.3. The smallest absolute Gasteiger partial charge is 0.416 e. The first-order valence-corrected chi connectivity index (χ1v) is 11.8. The molecule has 0 spiro atoms. The maximum atomic E-state index is 13.1. The number of aromatic nitrogens is 2. The second-order valence-corrected chi connectivity index (χ2v) is 9.06. The number of alkyl halides is 3. The molecule has 0 saturated heterocycles. The molecule has 0 atom stereocenters. The molecule has 0 radical (unpaired) electrons. The van der Waals surface area contributed by atoms with Crippen molar-refractivity contribution in [2.24, 2.45) is 0 Å². The summed E-state index contributed by atoms with van der Waals surface area (Å²) in [6, 6.07) is 9.06. The van der Waals surface area contributed by atoms with Crippen LogP contribution in [0.2, 0.25) is 0 Å². The fraction of sp³-hybridized carbons (Fsp3) is 0.200. The maximum Gasteiger partial charge on any atom is 0.416 e. The molecular formula is C25H21F3N4O5S. The van der Waals surface area contributed by atoms with Crippen LogP contribution in [0.25, 0.3) is 10.2 Å². The SMILES string of the molecule is COc1ccc(OC)c(NC(=O)c2sc3ncn(CC(=O)Nc4cccc(C(F)(F)F)c4)c(=O)c3c2C)c1. The number of hydrogen-bond donors (Lipinski definition) is 2. The van der Waals surface area contributed by atoms with Gasteiger partial charge in [-0.05, 0) is 42.8 Å². The van der Waals surface area contributed by atoms with Crippen molar-refractivity contribution >= 4 is 44.7 Å². The largest absolute Gasteiger partial charge is 0.497 e. The molecule has 13 heteroatoms. The predicted molar refractivity (Wildman–Crippen MR) is 136 cm³/mol. The summed E-state index contributed by atoms with van der Waals surface area (Å²) in [7, 11) is 2.94. The molecule has 4 rings (SSSR count). The molecule has 0 unspecified atom stereocenters. The van der Waals surface area contributed by atoms with E-state index in [1.165, 1.54) is 26.4 Å². The quantitative estimate of drug-likeness (QED) is 0.348. The first-order chi connectivity index (χ1) is 18.0. The van der Waals surface area contributed by atoms with Gasteiger partial charge < -0.3 is 20.1 Å². The van der Waals surface area contributed by atoms with E-state index >= 15 is 0 Å². The second-order valence-electron chi connectivity index (χ2n) is 8.06. The zero-order chi connectivity index (χ0) is 27.6. The van der Waals surface area contributed by atoms with Crippen LogP contribution >= 0.6 is 11.3 Å². The average Bonchev–Trinajstić information content (AvgIpc) is 3.22. The Hall–Kier alpha value is -4.39. The molecule has 0 aliphatic rings. The van der Waals surface area contributed by atoms with Crippen LogP contribution in [0.4, 0.5) is 24.5 Å². The van der Waals surface area contributed by atoms with Crippen LogP contribution in [0.5, 0.6) is 11.5 Å². The van der Waals surface area contributed by atoms with Gasteiger partial charge in [-0.1, -0.05) is 6.07 Å². The van der Waals surface area contributed by atoms with Crippen LogP contribution in [0.1, 0.15) is 20.8 Å². The van der Waals surface area contributed by atoms with Gasteiger partial charge in [-0.3, -0.25) is 19.0 Å². The number of rotatable bonds is 7. The molecule has 0 aliphatic carbocycles. The standard InChI is InChI=1S/C25H21F3N4O5S/c1-13-20-23(38-21(13)22(34)31-17-10-16(36-2)7-8-18(17)37-3)29-12-32(24(20)35)11-19(33)30-15-6-4-5-14(9-15)25(26,27)28/h4-10,12H,11H2,1-3H3,(H,30,33)(H,31,34). The molecule has 0 aliphatic heterocycles. The normalized spacial score (nSPS) is 11.3. The van der Waals surface area contributed by atoms with Gasteiger partial charge in [0.2, 0.25) is 5.91 Å². The van der Waals surface area contributed by atoms with Crippen LogP contribution in [-0.2, 0) is 17.5 Å². The van der Waals surface area contributed by atoms with E-state index in [1.807, 2.05) is 0 Å². The van der Waals surface area contributed by atoms with Gasteiger partial charge in [-0.2, -0.15) is 13.2 Å². The number of nitrogens with zero attached hydrogens (tertiary/aromatic N) is 2. The molecule has 2 aromatic carbocycles. The first kappa shape index (κ1) is 26.7. The van der Waals surface area contributed by atoms with Gasteiger partial charge >= 0.3 is 6.18 Å². The minimum absolute atomic E-state index is 0.0643. The van der Waals surface area contributed by atoms with E-state index in [1.54, 1.807) is 25.1 Å². The highest BCUT2D eigenvalue weighted by Crippen LogP contribution is 2.32. The molecule has 2 N–H and O–H groups in total. The summed E-state index contributed by atoms with van der Waals surface area (Å²) in [4.78, 5) is 43.4. The number of benzene rings is 2. The topological polar surface area (TPSA) is 112 Å². The lowest BCUT2D eigenvalue weighted by Gasteiger charge is -2.11. The average molecular weight is 547 g/mol. The number of ether oxygens (including phenoxy) is 2. The number of hydrogen-bond acceptors (Lipinski definition) is 7. The summed E-state index contributed by atoms with van der Waals surface area (Å²) in [5.74, 6) is -0.305. The Morgan fingerprint density at radius 3 is 2.53 bits per heavy atom. The summed E-state index contributed by atoms with van der Waals surface area (Å²) in [6.07, 6.45) is -3.41. The predicted octanol–water partition coefficient (Wildman–Crippen LogP) is 4.69. The summed E-state index contributed by atoms with van der Waals surface area (Å²) in [5.41, 5.74) is -0.812. The summed E-state index contributed by atoms with van der Waals surface area (Å²) >= 11 is 1.01. The third kappa shape index (κ3) is 5.47. The number of anilines is 2. The zero-order valence-corrected chi connectivity index (χ0v) is 21.1. The Morgan fingerprint density at radius 1 is 1.08 bits per heavy atom. The third-order valence-electron chi connectivity index (χ3n) is 5.57. The number of carbonyl (C=O) groups is 2. The van der Waals surface area contributed by atoms with E-state index in [-0.39, 0.29) is 16.0 Å². The van der Waals surface area contributed by atoms with Gasteiger partial charge in [-0.25, -0.2) is 4.98 Å². The molecule has 0 fully saturated rings. The van der Waals surface area contributed by atoms with Crippen molar-refractivity contribution in [2.45, 2.75) is 19.6 Å². The van der Waals surface area contributed by atoms with Crippen molar-refractivity contribution < 1.29 is 32.2 Å². The van der Waals surface area contributed by atoms with Gasteiger partial charge in [-0.15, -0.1) is 11.3 Å². The van der Waals surface area contributed by atoms with Gasteiger partial charge in [0.15, 0.2) is 0 Å². The van der Waals surface area contributed by atoms with Crippen molar-refractivity contribution in [1.82, 2.24) is 9.55 Å². The van der Waals surface area contributed by atoms with Crippen LogP contribution < -0.4 is 25.7 Å². The molecule has 38 heavy (non-hydrogen) atoms. The van der Waals surface area contributed by atoms with Gasteiger partial charge in [0.05, 0.1) is 42.1 Å². The highest BCUT2D eigenvalue weighted by Gasteiger charge is 2.30. The number of aryl methyl sites for hydroxylation is 1. The lowest BCUT2D eigenvalue weighted by molar-refractivity contribution is -0.137. The number of halogens is 3. The monoisotopic (exact) mass is 546 g/mol. The van der Waals surface area contributed by atoms with Crippen LogP contribution in [0.3, 0.4) is 0 Å². The lowest BCUT2D eigenvalue weighted by Crippen LogP contribution is -2.28. The van der Waals surface area contributed by atoms with E-state index in [0.717, 1.165) is 34.4 Å². The van der Waals surface area contributed by atoms with E-state index in [4.69, 9.17) is 9.47 Å². The Kier molecular flexibility index (Phi) is 7.39. The minimum atomic E-state index is -4.56. The number of nitrogens with one attached hydrogen (secondary N) is 2. The molecular weight excluding hydrogens is 525 g/mol. The number of thiophene rings is 1. The van der Waals surface area contributed by atoms with E-state index in [0.29, 0.717) is 27.6 Å². The molecule has 0 saturated carbocycles. The minimum Gasteiger partial charge on any atom is -0.497 e. The molecule has 2 aromatic heterocycles. The van der Waals surface area contributed by atoms with Crippen molar-refractivity contribution in [3.05, 3.63) is 75.1 Å². The number of carbonyl (C=O) groups excluding carboxylic acids is 2. The lowest BCUT2D eigenvalue weighted by atomic mass is 10.2. The van der Waals surface area contributed by atoms with Crippen LogP contribution in [0.15, 0.2) is 53.6 Å². The fourth-order valence-corrected chi connectivity index (χ4v) is 4.74. The molecule has 9 nitrogen and oxygen atoms in total. The van der Waals surface area contributed by atoms with Crippen molar-refractivity contribution in [3.63, 3.8) is 0 Å². The molecule has 0 bridgehead atoms. The van der Waals surface area contributed by atoms with Crippen molar-refractivity contribution in [2.75, 3.05) is 24.9 Å². The number of methoxy groups -OCH3 is 2. The zero-order valence-electron chi connectivity index (χ0n) is 20.3. The van der Waals surface area contributed by atoms with Crippen LogP contribution in [0, 0.1) is 6.92 Å². The highest BCUT2D eigenvalue weighted by atomic mass is 32.1. The van der Waals surface area contributed by atoms with E-state index in [9.17, 15) is 27.6 Å². The van der Waals surface area contributed by atoms with E-state index in [2.05, 4.69) is 15.6 Å². The summed E-state index contributed by atoms with van der Waals surface area (Å²) in [6.45, 7) is 1.10. The molecule has 2 amide bonds. The molecule has 198 valence electrons. The van der Waals surface area contributed by atoms with Crippen molar-refractivity contribution in [3.8, 4) is 11.5 Å². The first-order valence-electron chi connectivity index (χ1n) is 11.0. The van der Waals surface area contributed by atoms with Crippen molar-refractivity contribution in [1.29, 1.82) is 0 Å².